The molecular formula is C16H22N2O3. The molecule has 2 amide bonds. The number of carbonyl (C=O) groups excluding carboxylic acids is 2. The van der Waals surface area contributed by atoms with Gasteiger partial charge in [0.2, 0.25) is 5.91 Å². The number of hydrogen-bond donors (Lipinski definition) is 1. The van der Waals surface area contributed by atoms with Gasteiger partial charge in [0.15, 0.2) is 6.10 Å². The molecule has 0 spiro atoms. The summed E-state index contributed by atoms with van der Waals surface area (Å²) in [6.07, 6.45) is 0.360. The lowest BCUT2D eigenvalue weighted by molar-refractivity contribution is -0.128. The van der Waals surface area contributed by atoms with Gasteiger partial charge in [-0.1, -0.05) is 26.0 Å². The molecule has 0 saturated carbocycles. The molecule has 1 heterocycles. The van der Waals surface area contributed by atoms with Crippen LogP contribution in [0, 0.1) is 5.92 Å². The molecule has 5 heteroatoms. The van der Waals surface area contributed by atoms with Crippen molar-refractivity contribution < 1.29 is 14.3 Å². The molecule has 114 valence electrons. The van der Waals surface area contributed by atoms with E-state index < -0.39 is 6.10 Å². The van der Waals surface area contributed by atoms with Gasteiger partial charge in [-0.3, -0.25) is 14.5 Å². The van der Waals surface area contributed by atoms with Crippen LogP contribution in [0.2, 0.25) is 0 Å². The average Bonchev–Trinajstić information content (AvgIpc) is 2.43. The van der Waals surface area contributed by atoms with E-state index in [1.54, 1.807) is 13.0 Å². The Hall–Kier alpha value is -2.04. The van der Waals surface area contributed by atoms with Crippen molar-refractivity contribution in [3.8, 4) is 5.75 Å². The molecule has 21 heavy (non-hydrogen) atoms. The van der Waals surface area contributed by atoms with Crippen molar-refractivity contribution in [1.29, 1.82) is 0 Å². The zero-order valence-corrected chi connectivity index (χ0v) is 12.8. The summed E-state index contributed by atoms with van der Waals surface area (Å²) in [5.41, 5.74) is 0.652. The summed E-state index contributed by atoms with van der Waals surface area (Å²) in [5.74, 6) is 0.844. The summed E-state index contributed by atoms with van der Waals surface area (Å²) >= 11 is 0. The Morgan fingerprint density at radius 3 is 2.81 bits per heavy atom. The number of carbonyl (C=O) groups is 2. The molecule has 0 bridgehead atoms. The summed E-state index contributed by atoms with van der Waals surface area (Å²) in [7, 11) is 0. The van der Waals surface area contributed by atoms with E-state index in [9.17, 15) is 9.59 Å². The van der Waals surface area contributed by atoms with Gasteiger partial charge >= 0.3 is 0 Å². The van der Waals surface area contributed by atoms with Crippen molar-refractivity contribution in [1.82, 2.24) is 5.32 Å². The molecular weight excluding hydrogens is 268 g/mol. The number of amides is 2. The maximum absolute atomic E-state index is 12.2. The molecule has 0 saturated heterocycles. The van der Waals surface area contributed by atoms with Gasteiger partial charge in [-0.25, -0.2) is 0 Å². The lowest BCUT2D eigenvalue weighted by Gasteiger charge is -2.32. The monoisotopic (exact) mass is 290 g/mol. The summed E-state index contributed by atoms with van der Waals surface area (Å²) in [6.45, 7) is 6.57. The molecule has 1 atom stereocenters. The Balaban J connectivity index is 2.04. The molecule has 5 nitrogen and oxygen atoms in total. The first kappa shape index (κ1) is 15.4. The summed E-state index contributed by atoms with van der Waals surface area (Å²) in [6, 6.07) is 7.28. The van der Waals surface area contributed by atoms with E-state index in [-0.39, 0.29) is 18.4 Å². The Morgan fingerprint density at radius 1 is 1.38 bits per heavy atom. The summed E-state index contributed by atoms with van der Waals surface area (Å²) in [4.78, 5) is 25.7. The third kappa shape index (κ3) is 3.74. The minimum absolute atomic E-state index is 0.0294. The Kier molecular flexibility index (Phi) is 4.83. The first-order valence-electron chi connectivity index (χ1n) is 7.32. The quantitative estimate of drug-likeness (QED) is 0.902. The third-order valence-electron chi connectivity index (χ3n) is 3.42. The predicted octanol–water partition coefficient (Wildman–Crippen LogP) is 1.96. The van der Waals surface area contributed by atoms with Crippen molar-refractivity contribution in [2.24, 2.45) is 5.92 Å². The SMILES string of the molecule is CC(C)CCNC(=O)CN1C(=O)[C@H](C)Oc2ccccc21. The number of anilines is 1. The highest BCUT2D eigenvalue weighted by molar-refractivity contribution is 6.03. The van der Waals surface area contributed by atoms with E-state index >= 15 is 0 Å². The van der Waals surface area contributed by atoms with Gasteiger partial charge in [0, 0.05) is 6.54 Å². The minimum atomic E-state index is -0.566. The second-order valence-corrected chi connectivity index (χ2v) is 5.68. The van der Waals surface area contributed by atoms with E-state index in [4.69, 9.17) is 4.74 Å². The third-order valence-corrected chi connectivity index (χ3v) is 3.42. The molecule has 0 unspecified atom stereocenters. The van der Waals surface area contributed by atoms with Crippen LogP contribution in [0.4, 0.5) is 5.69 Å². The molecule has 1 N–H and O–H groups in total. The van der Waals surface area contributed by atoms with Crippen molar-refractivity contribution >= 4 is 17.5 Å². The van der Waals surface area contributed by atoms with Gasteiger partial charge in [-0.05, 0) is 31.4 Å². The van der Waals surface area contributed by atoms with Crippen LogP contribution in [0.1, 0.15) is 27.2 Å². The highest BCUT2D eigenvalue weighted by Gasteiger charge is 2.32. The van der Waals surface area contributed by atoms with Crippen molar-refractivity contribution in [2.75, 3.05) is 18.0 Å². The molecule has 0 radical (unpaired) electrons. The standard InChI is InChI=1S/C16H22N2O3/c1-11(2)8-9-17-15(19)10-18-13-6-4-5-7-14(13)21-12(3)16(18)20/h4-7,11-12H,8-10H2,1-3H3,(H,17,19)/t12-/m0/s1. The van der Waals surface area contributed by atoms with Gasteiger partial charge in [-0.15, -0.1) is 0 Å². The van der Waals surface area contributed by atoms with Crippen LogP contribution < -0.4 is 15.0 Å². The fraction of sp³-hybridized carbons (Fsp3) is 0.500. The van der Waals surface area contributed by atoms with Crippen LogP contribution >= 0.6 is 0 Å². The maximum atomic E-state index is 12.2. The minimum Gasteiger partial charge on any atom is -0.479 e. The van der Waals surface area contributed by atoms with Crippen LogP contribution in [0.15, 0.2) is 24.3 Å². The normalized spacial score (nSPS) is 17.4. The van der Waals surface area contributed by atoms with E-state index in [0.717, 1.165) is 6.42 Å². The molecule has 1 aliphatic heterocycles. The number of para-hydroxylation sites is 2. The molecule has 1 aromatic rings. The van der Waals surface area contributed by atoms with E-state index in [1.807, 2.05) is 18.2 Å². The van der Waals surface area contributed by atoms with Crippen LogP contribution in [-0.2, 0) is 9.59 Å². The molecule has 1 aliphatic rings. The highest BCUT2D eigenvalue weighted by Crippen LogP contribution is 2.33. The zero-order chi connectivity index (χ0) is 15.4. The number of benzene rings is 1. The number of fused-ring (bicyclic) bond motifs is 1. The number of ether oxygens (including phenoxy) is 1. The predicted molar refractivity (Wildman–Crippen MR) is 81.3 cm³/mol. The van der Waals surface area contributed by atoms with Crippen LogP contribution in [-0.4, -0.2) is 31.0 Å². The van der Waals surface area contributed by atoms with Crippen molar-refractivity contribution in [3.05, 3.63) is 24.3 Å². The number of rotatable bonds is 5. The fourth-order valence-electron chi connectivity index (χ4n) is 2.22. The summed E-state index contributed by atoms with van der Waals surface area (Å²) in [5, 5.41) is 2.85. The number of nitrogens with zero attached hydrogens (tertiary/aromatic N) is 1. The van der Waals surface area contributed by atoms with Crippen LogP contribution in [0.3, 0.4) is 0 Å². The molecule has 0 aromatic heterocycles. The highest BCUT2D eigenvalue weighted by atomic mass is 16.5. The largest absolute Gasteiger partial charge is 0.479 e. The maximum Gasteiger partial charge on any atom is 0.268 e. The molecule has 2 rings (SSSR count). The van der Waals surface area contributed by atoms with Crippen molar-refractivity contribution in [3.63, 3.8) is 0 Å². The first-order valence-corrected chi connectivity index (χ1v) is 7.32. The fourth-order valence-corrected chi connectivity index (χ4v) is 2.22. The van der Waals surface area contributed by atoms with Gasteiger partial charge in [0.05, 0.1) is 5.69 Å². The summed E-state index contributed by atoms with van der Waals surface area (Å²) < 4.78 is 5.55. The number of nitrogens with one attached hydrogen (secondary N) is 1. The lowest BCUT2D eigenvalue weighted by Crippen LogP contribution is -2.48. The van der Waals surface area contributed by atoms with Crippen molar-refractivity contribution in [2.45, 2.75) is 33.3 Å². The first-order chi connectivity index (χ1) is 9.99. The molecule has 0 aliphatic carbocycles. The number of hydrogen-bond acceptors (Lipinski definition) is 3. The van der Waals surface area contributed by atoms with Gasteiger partial charge in [0.25, 0.3) is 5.91 Å². The Labute approximate surface area is 125 Å². The van der Waals surface area contributed by atoms with E-state index in [1.165, 1.54) is 4.90 Å². The van der Waals surface area contributed by atoms with Gasteiger partial charge in [0.1, 0.15) is 12.3 Å². The average molecular weight is 290 g/mol. The zero-order valence-electron chi connectivity index (χ0n) is 12.8. The van der Waals surface area contributed by atoms with E-state index in [2.05, 4.69) is 19.2 Å². The lowest BCUT2D eigenvalue weighted by atomic mass is 10.1. The second kappa shape index (κ2) is 6.61. The molecule has 1 aromatic carbocycles. The van der Waals surface area contributed by atoms with Crippen LogP contribution in [0.5, 0.6) is 5.75 Å². The smallest absolute Gasteiger partial charge is 0.268 e. The van der Waals surface area contributed by atoms with Gasteiger partial charge < -0.3 is 10.1 Å². The molecule has 0 fully saturated rings. The van der Waals surface area contributed by atoms with Crippen LogP contribution in [0.25, 0.3) is 0 Å². The van der Waals surface area contributed by atoms with Gasteiger partial charge in [-0.2, -0.15) is 0 Å². The topological polar surface area (TPSA) is 58.6 Å². The second-order valence-electron chi connectivity index (χ2n) is 5.68. The Morgan fingerprint density at radius 2 is 2.10 bits per heavy atom. The Bertz CT molecular complexity index is 528. The van der Waals surface area contributed by atoms with E-state index in [0.29, 0.717) is 23.9 Å².